The molecule has 0 saturated heterocycles. The number of halogens is 1. The van der Waals surface area contributed by atoms with Gasteiger partial charge in [-0.25, -0.2) is 4.79 Å². The van der Waals surface area contributed by atoms with Crippen LogP contribution in [0, 0.1) is 17.2 Å². The minimum absolute atomic E-state index is 0.180. The fraction of sp³-hybridized carbons (Fsp3) is 0.333. The normalized spacial score (nSPS) is 11.6. The second-order valence-corrected chi connectivity index (χ2v) is 4.31. The molecule has 90 valence electrons. The molecule has 1 aromatic carbocycles. The lowest BCUT2D eigenvalue weighted by Crippen LogP contribution is -2.25. The van der Waals surface area contributed by atoms with Crippen molar-refractivity contribution in [3.8, 4) is 6.07 Å². The summed E-state index contributed by atoms with van der Waals surface area (Å²) in [6.07, 6.45) is 0. The average molecular weight is 253 g/mol. The van der Waals surface area contributed by atoms with E-state index in [0.717, 1.165) is 0 Å². The van der Waals surface area contributed by atoms with Crippen molar-refractivity contribution in [1.82, 2.24) is 0 Å². The number of anilines is 1. The van der Waals surface area contributed by atoms with E-state index in [1.54, 1.807) is 24.9 Å². The molecule has 0 aliphatic rings. The molecule has 0 saturated carbocycles. The Hall–Kier alpha value is -1.73. The fourth-order valence-electron chi connectivity index (χ4n) is 1.55. The number of hydrogen-bond acceptors (Lipinski definition) is 3. The molecule has 1 atom stereocenters. The molecule has 4 nitrogen and oxygen atoms in total. The number of carboxylic acids is 1. The van der Waals surface area contributed by atoms with E-state index in [2.05, 4.69) is 6.07 Å². The van der Waals surface area contributed by atoms with Crippen molar-refractivity contribution in [1.29, 1.82) is 5.26 Å². The smallest absolute Gasteiger partial charge is 0.337 e. The molecular formula is C12H13ClN2O2. The maximum absolute atomic E-state index is 11.1. The number of rotatable bonds is 4. The lowest BCUT2D eigenvalue weighted by Gasteiger charge is -2.22. The number of carboxylic acid groups (broad SMARTS) is 1. The lowest BCUT2D eigenvalue weighted by molar-refractivity contribution is 0.0697. The summed E-state index contributed by atoms with van der Waals surface area (Å²) in [4.78, 5) is 12.8. The maximum atomic E-state index is 11.1. The Morgan fingerprint density at radius 3 is 2.82 bits per heavy atom. The van der Waals surface area contributed by atoms with Crippen LogP contribution in [0.15, 0.2) is 18.2 Å². The van der Waals surface area contributed by atoms with Gasteiger partial charge < -0.3 is 10.0 Å². The van der Waals surface area contributed by atoms with Crippen LogP contribution in [0.2, 0.25) is 5.02 Å². The monoisotopic (exact) mass is 252 g/mol. The second-order valence-electron chi connectivity index (χ2n) is 3.88. The minimum Gasteiger partial charge on any atom is -0.478 e. The molecule has 0 aliphatic carbocycles. The highest BCUT2D eigenvalue weighted by Gasteiger charge is 2.15. The Morgan fingerprint density at radius 1 is 1.65 bits per heavy atom. The molecule has 5 heteroatoms. The molecule has 0 fully saturated rings. The summed E-state index contributed by atoms with van der Waals surface area (Å²) in [5.41, 5.74) is 0.703. The molecule has 1 aromatic rings. The molecule has 0 spiro atoms. The zero-order valence-corrected chi connectivity index (χ0v) is 10.4. The highest BCUT2D eigenvalue weighted by atomic mass is 35.5. The van der Waals surface area contributed by atoms with E-state index < -0.39 is 5.97 Å². The second kappa shape index (κ2) is 5.55. The van der Waals surface area contributed by atoms with Crippen LogP contribution >= 0.6 is 11.6 Å². The van der Waals surface area contributed by atoms with Gasteiger partial charge in [-0.15, -0.1) is 0 Å². The van der Waals surface area contributed by atoms with Crippen molar-refractivity contribution < 1.29 is 9.90 Å². The highest BCUT2D eigenvalue weighted by Crippen LogP contribution is 2.24. The largest absolute Gasteiger partial charge is 0.478 e. The van der Waals surface area contributed by atoms with Gasteiger partial charge in [0, 0.05) is 18.6 Å². The zero-order valence-electron chi connectivity index (χ0n) is 9.64. The number of benzene rings is 1. The molecule has 17 heavy (non-hydrogen) atoms. The Morgan fingerprint density at radius 2 is 2.29 bits per heavy atom. The molecule has 0 amide bonds. The Labute approximate surface area is 105 Å². The van der Waals surface area contributed by atoms with Gasteiger partial charge >= 0.3 is 5.97 Å². The first-order valence-corrected chi connectivity index (χ1v) is 5.47. The zero-order chi connectivity index (χ0) is 13.0. The average Bonchev–Trinajstić information content (AvgIpc) is 2.28. The molecular weight excluding hydrogens is 240 g/mol. The first kappa shape index (κ1) is 13.3. The summed E-state index contributed by atoms with van der Waals surface area (Å²) < 4.78 is 0. The number of carbonyl (C=O) groups is 1. The molecule has 1 unspecified atom stereocenters. The third-order valence-corrected chi connectivity index (χ3v) is 2.60. The van der Waals surface area contributed by atoms with Crippen LogP contribution in [0.3, 0.4) is 0 Å². The molecule has 1 rings (SSSR count). The third kappa shape index (κ3) is 3.36. The van der Waals surface area contributed by atoms with E-state index in [-0.39, 0.29) is 11.5 Å². The van der Waals surface area contributed by atoms with Crippen LogP contribution in [-0.4, -0.2) is 24.7 Å². The maximum Gasteiger partial charge on any atom is 0.337 e. The van der Waals surface area contributed by atoms with Gasteiger partial charge in [0.1, 0.15) is 0 Å². The summed E-state index contributed by atoms with van der Waals surface area (Å²) in [5, 5.41) is 18.3. The van der Waals surface area contributed by atoms with Gasteiger partial charge in [0.25, 0.3) is 0 Å². The van der Waals surface area contributed by atoms with Gasteiger partial charge in [-0.1, -0.05) is 11.6 Å². The topological polar surface area (TPSA) is 64.3 Å². The van der Waals surface area contributed by atoms with E-state index >= 15 is 0 Å². The summed E-state index contributed by atoms with van der Waals surface area (Å²) in [6.45, 7) is 2.23. The van der Waals surface area contributed by atoms with Gasteiger partial charge in [-0.05, 0) is 25.1 Å². The van der Waals surface area contributed by atoms with Crippen molar-refractivity contribution in [3.63, 3.8) is 0 Å². The predicted molar refractivity (Wildman–Crippen MR) is 66.5 cm³/mol. The first-order valence-electron chi connectivity index (χ1n) is 5.09. The molecule has 0 radical (unpaired) electrons. The van der Waals surface area contributed by atoms with E-state index in [1.165, 1.54) is 12.1 Å². The van der Waals surface area contributed by atoms with E-state index in [4.69, 9.17) is 22.0 Å². The Bertz CT molecular complexity index is 468. The number of nitrogens with zero attached hydrogens (tertiary/aromatic N) is 2. The summed E-state index contributed by atoms with van der Waals surface area (Å²) in [5.74, 6) is -1.19. The lowest BCUT2D eigenvalue weighted by atomic mass is 10.1. The number of hydrogen-bond donors (Lipinski definition) is 1. The van der Waals surface area contributed by atoms with Gasteiger partial charge in [0.2, 0.25) is 0 Å². The van der Waals surface area contributed by atoms with Crippen LogP contribution in [0.1, 0.15) is 17.3 Å². The van der Waals surface area contributed by atoms with E-state index in [1.807, 2.05) is 0 Å². The van der Waals surface area contributed by atoms with Crippen molar-refractivity contribution in [3.05, 3.63) is 28.8 Å². The fourth-order valence-corrected chi connectivity index (χ4v) is 1.72. The van der Waals surface area contributed by atoms with Crippen molar-refractivity contribution in [2.75, 3.05) is 18.5 Å². The Balaban J connectivity index is 3.07. The van der Waals surface area contributed by atoms with Crippen molar-refractivity contribution >= 4 is 23.3 Å². The summed E-state index contributed by atoms with van der Waals surface area (Å²) in [7, 11) is 1.74. The van der Waals surface area contributed by atoms with Crippen LogP contribution < -0.4 is 4.90 Å². The van der Waals surface area contributed by atoms with Crippen LogP contribution in [0.5, 0.6) is 0 Å². The van der Waals surface area contributed by atoms with Gasteiger partial charge in [0.15, 0.2) is 0 Å². The van der Waals surface area contributed by atoms with Crippen LogP contribution in [-0.2, 0) is 0 Å². The Kier molecular flexibility index (Phi) is 4.36. The molecule has 0 aliphatic heterocycles. The quantitative estimate of drug-likeness (QED) is 0.895. The van der Waals surface area contributed by atoms with E-state index in [9.17, 15) is 4.79 Å². The number of aromatic carboxylic acids is 1. The van der Waals surface area contributed by atoms with Gasteiger partial charge in [0.05, 0.1) is 23.2 Å². The summed E-state index contributed by atoms with van der Waals surface area (Å²) in [6, 6.07) is 6.70. The molecule has 1 N–H and O–H groups in total. The van der Waals surface area contributed by atoms with Crippen molar-refractivity contribution in [2.24, 2.45) is 5.92 Å². The molecule has 0 heterocycles. The highest BCUT2D eigenvalue weighted by molar-refractivity contribution is 6.31. The third-order valence-electron chi connectivity index (χ3n) is 2.37. The standard InChI is InChI=1S/C12H13ClN2O2/c1-8(6-14)7-15(2)11-5-9(13)3-4-10(11)12(16)17/h3-5,8H,7H2,1-2H3,(H,16,17). The first-order chi connectivity index (χ1) is 7.95. The molecule has 0 aromatic heterocycles. The number of nitriles is 1. The van der Waals surface area contributed by atoms with E-state index in [0.29, 0.717) is 17.3 Å². The SMILES string of the molecule is CC(C#N)CN(C)c1cc(Cl)ccc1C(=O)O. The van der Waals surface area contributed by atoms with Crippen LogP contribution in [0.4, 0.5) is 5.69 Å². The van der Waals surface area contributed by atoms with Crippen molar-refractivity contribution in [2.45, 2.75) is 6.92 Å². The minimum atomic E-state index is -1.01. The molecule has 0 bridgehead atoms. The summed E-state index contributed by atoms with van der Waals surface area (Å²) >= 11 is 5.85. The van der Waals surface area contributed by atoms with Gasteiger partial charge in [-0.2, -0.15) is 5.26 Å². The van der Waals surface area contributed by atoms with Gasteiger partial charge in [-0.3, -0.25) is 0 Å². The predicted octanol–water partition coefficient (Wildman–Crippen LogP) is 2.63. The van der Waals surface area contributed by atoms with Crippen LogP contribution in [0.25, 0.3) is 0 Å².